The Morgan fingerprint density at radius 3 is 2.45 bits per heavy atom. The summed E-state index contributed by atoms with van der Waals surface area (Å²) < 4.78 is 13.3. The fourth-order valence-corrected chi connectivity index (χ4v) is 2.20. The number of anilines is 1. The number of aryl methyl sites for hydroxylation is 1. The summed E-state index contributed by atoms with van der Waals surface area (Å²) in [5, 5.41) is 14.4. The van der Waals surface area contributed by atoms with Crippen molar-refractivity contribution in [3.8, 4) is 0 Å². The lowest BCUT2D eigenvalue weighted by atomic mass is 9.80. The fraction of sp³-hybridized carbons (Fsp3) is 0.429. The van der Waals surface area contributed by atoms with Gasteiger partial charge in [0.2, 0.25) is 5.91 Å². The number of halogens is 1. The Morgan fingerprint density at radius 1 is 1.40 bits per heavy atom. The second kappa shape index (κ2) is 6.36. The maximum atomic E-state index is 13.3. The van der Waals surface area contributed by atoms with Gasteiger partial charge < -0.3 is 16.3 Å². The molecule has 110 valence electrons. The van der Waals surface area contributed by atoms with Crippen LogP contribution in [0.5, 0.6) is 0 Å². The lowest BCUT2D eigenvalue weighted by Gasteiger charge is -2.28. The average molecular weight is 281 g/mol. The number of nitrogens with one attached hydrogen (secondary N) is 1. The van der Waals surface area contributed by atoms with Crippen LogP contribution in [0.1, 0.15) is 32.3 Å². The number of hydrogen-bond acceptors (Lipinski definition) is 3. The number of amidine groups is 1. The van der Waals surface area contributed by atoms with E-state index in [-0.39, 0.29) is 5.84 Å². The molecule has 4 N–H and O–H groups in total. The first-order chi connectivity index (χ1) is 9.39. The van der Waals surface area contributed by atoms with Crippen molar-refractivity contribution in [2.75, 3.05) is 5.32 Å². The largest absolute Gasteiger partial charge is 0.409 e. The second-order valence-corrected chi connectivity index (χ2v) is 4.75. The molecule has 0 unspecified atom stereocenters. The van der Waals surface area contributed by atoms with Gasteiger partial charge in [0.05, 0.1) is 0 Å². The van der Waals surface area contributed by atoms with Crippen molar-refractivity contribution >= 4 is 17.4 Å². The number of hydrogen-bond donors (Lipinski definition) is 3. The monoisotopic (exact) mass is 281 g/mol. The van der Waals surface area contributed by atoms with E-state index in [2.05, 4.69) is 10.5 Å². The minimum atomic E-state index is -1.10. The fourth-order valence-electron chi connectivity index (χ4n) is 2.20. The summed E-state index contributed by atoms with van der Waals surface area (Å²) in [6, 6.07) is 4.25. The molecule has 0 radical (unpaired) electrons. The highest BCUT2D eigenvalue weighted by Gasteiger charge is 2.39. The van der Waals surface area contributed by atoms with E-state index >= 15 is 0 Å². The molecule has 1 aromatic rings. The Kier molecular flexibility index (Phi) is 5.07. The Hall–Kier alpha value is -2.11. The minimum Gasteiger partial charge on any atom is -0.409 e. The second-order valence-electron chi connectivity index (χ2n) is 4.75. The molecule has 0 saturated heterocycles. The summed E-state index contributed by atoms with van der Waals surface area (Å²) in [4.78, 5) is 12.4. The third-order valence-electron chi connectivity index (χ3n) is 3.54. The molecule has 0 aliphatic carbocycles. The number of carbonyl (C=O) groups is 1. The summed E-state index contributed by atoms with van der Waals surface area (Å²) in [5.74, 6) is -0.987. The molecular formula is C14H20FN3O2. The SMILES string of the molecule is CCC(CC)(C(=O)Nc1cc(C)cc(F)c1)C(N)=NO. The lowest BCUT2D eigenvalue weighted by molar-refractivity contribution is -0.122. The van der Waals surface area contributed by atoms with Crippen molar-refractivity contribution in [3.63, 3.8) is 0 Å². The van der Waals surface area contributed by atoms with Gasteiger partial charge in [-0.15, -0.1) is 0 Å². The number of oxime groups is 1. The first-order valence-corrected chi connectivity index (χ1v) is 6.46. The summed E-state index contributed by atoms with van der Waals surface area (Å²) in [6.07, 6.45) is 0.749. The highest BCUT2D eigenvalue weighted by Crippen LogP contribution is 2.29. The van der Waals surface area contributed by atoms with Crippen molar-refractivity contribution in [2.45, 2.75) is 33.6 Å². The van der Waals surface area contributed by atoms with Gasteiger partial charge in [0.25, 0.3) is 0 Å². The third kappa shape index (κ3) is 3.07. The normalized spacial score (nSPS) is 12.3. The quantitative estimate of drug-likeness (QED) is 0.335. The van der Waals surface area contributed by atoms with Crippen molar-refractivity contribution < 1.29 is 14.4 Å². The molecule has 0 atom stereocenters. The zero-order chi connectivity index (χ0) is 15.3. The van der Waals surface area contributed by atoms with Gasteiger partial charge >= 0.3 is 0 Å². The van der Waals surface area contributed by atoms with Crippen LogP contribution < -0.4 is 11.1 Å². The molecule has 0 bridgehead atoms. The van der Waals surface area contributed by atoms with E-state index in [9.17, 15) is 9.18 Å². The predicted molar refractivity (Wildman–Crippen MR) is 76.2 cm³/mol. The van der Waals surface area contributed by atoms with Gasteiger partial charge in [0.15, 0.2) is 5.84 Å². The summed E-state index contributed by atoms with van der Waals surface area (Å²) >= 11 is 0. The van der Waals surface area contributed by atoms with Gasteiger partial charge in [-0.25, -0.2) is 4.39 Å². The van der Waals surface area contributed by atoms with E-state index in [0.717, 1.165) is 0 Å². The Morgan fingerprint density at radius 2 is 2.00 bits per heavy atom. The van der Waals surface area contributed by atoms with Crippen LogP contribution in [0, 0.1) is 18.2 Å². The van der Waals surface area contributed by atoms with Crippen molar-refractivity contribution in [1.29, 1.82) is 0 Å². The van der Waals surface area contributed by atoms with Crippen LogP contribution in [0.2, 0.25) is 0 Å². The van der Waals surface area contributed by atoms with Crippen LogP contribution in [0.15, 0.2) is 23.4 Å². The van der Waals surface area contributed by atoms with Crippen molar-refractivity contribution in [2.24, 2.45) is 16.3 Å². The van der Waals surface area contributed by atoms with E-state index in [1.807, 2.05) is 0 Å². The van der Waals surface area contributed by atoms with E-state index in [1.54, 1.807) is 26.8 Å². The third-order valence-corrected chi connectivity index (χ3v) is 3.54. The predicted octanol–water partition coefficient (Wildman–Crippen LogP) is 2.63. The summed E-state index contributed by atoms with van der Waals surface area (Å²) in [7, 11) is 0. The van der Waals surface area contributed by atoms with Gasteiger partial charge in [-0.3, -0.25) is 4.79 Å². The number of benzene rings is 1. The van der Waals surface area contributed by atoms with Crippen molar-refractivity contribution in [3.05, 3.63) is 29.6 Å². The van der Waals surface area contributed by atoms with Gasteiger partial charge in [-0.05, 0) is 43.5 Å². The van der Waals surface area contributed by atoms with Crippen LogP contribution in [0.4, 0.5) is 10.1 Å². The Bertz CT molecular complexity index is 505. The van der Waals surface area contributed by atoms with Crippen LogP contribution in [-0.2, 0) is 4.79 Å². The zero-order valence-electron chi connectivity index (χ0n) is 11.9. The molecule has 0 fully saturated rings. The van der Waals surface area contributed by atoms with E-state index in [0.29, 0.717) is 24.1 Å². The first-order valence-electron chi connectivity index (χ1n) is 6.46. The van der Waals surface area contributed by atoms with Gasteiger partial charge in [-0.2, -0.15) is 0 Å². The molecule has 0 saturated carbocycles. The van der Waals surface area contributed by atoms with Crippen LogP contribution in [-0.4, -0.2) is 17.0 Å². The average Bonchev–Trinajstić information content (AvgIpc) is 2.39. The number of nitrogens with zero attached hydrogens (tertiary/aromatic N) is 1. The van der Waals surface area contributed by atoms with Crippen molar-refractivity contribution in [1.82, 2.24) is 0 Å². The molecule has 0 aromatic heterocycles. The number of rotatable bonds is 5. The lowest BCUT2D eigenvalue weighted by Crippen LogP contribution is -2.46. The number of nitrogens with two attached hydrogens (primary N) is 1. The topological polar surface area (TPSA) is 87.7 Å². The molecule has 1 amide bonds. The first kappa shape index (κ1) is 15.9. The smallest absolute Gasteiger partial charge is 0.238 e. The standard InChI is InChI=1S/C14H20FN3O2/c1-4-14(5-2,12(16)18-20)13(19)17-11-7-9(3)6-10(15)8-11/h6-8,20H,4-5H2,1-3H3,(H2,16,18)(H,17,19). The molecular weight excluding hydrogens is 261 g/mol. The van der Waals surface area contributed by atoms with Gasteiger partial charge in [0.1, 0.15) is 11.2 Å². The van der Waals surface area contributed by atoms with Crippen LogP contribution >= 0.6 is 0 Å². The minimum absolute atomic E-state index is 0.145. The van der Waals surface area contributed by atoms with Gasteiger partial charge in [0, 0.05) is 5.69 Å². The molecule has 20 heavy (non-hydrogen) atoms. The number of carbonyl (C=O) groups excluding carboxylic acids is 1. The summed E-state index contributed by atoms with van der Waals surface area (Å²) in [5.41, 5.74) is 5.60. The van der Waals surface area contributed by atoms with Gasteiger partial charge in [-0.1, -0.05) is 19.0 Å². The van der Waals surface area contributed by atoms with Crippen LogP contribution in [0.25, 0.3) is 0 Å². The van der Waals surface area contributed by atoms with E-state index < -0.39 is 17.1 Å². The molecule has 0 aliphatic rings. The molecule has 5 nitrogen and oxygen atoms in total. The Labute approximate surface area is 117 Å². The summed E-state index contributed by atoms with van der Waals surface area (Å²) in [6.45, 7) is 5.28. The highest BCUT2D eigenvalue weighted by molar-refractivity contribution is 6.11. The zero-order valence-corrected chi connectivity index (χ0v) is 11.9. The molecule has 0 heterocycles. The van der Waals surface area contributed by atoms with Crippen LogP contribution in [0.3, 0.4) is 0 Å². The number of amides is 1. The van der Waals surface area contributed by atoms with E-state index in [4.69, 9.17) is 10.9 Å². The molecule has 0 spiro atoms. The maximum absolute atomic E-state index is 13.3. The molecule has 0 aliphatic heterocycles. The van der Waals surface area contributed by atoms with E-state index in [1.165, 1.54) is 12.1 Å². The highest BCUT2D eigenvalue weighted by atomic mass is 19.1. The molecule has 6 heteroatoms. The molecule has 1 aromatic carbocycles. The maximum Gasteiger partial charge on any atom is 0.238 e. The molecule has 1 rings (SSSR count). The Balaban J connectivity index is 3.09.